The van der Waals surface area contributed by atoms with Crippen LogP contribution in [0.4, 0.5) is 11.4 Å². The van der Waals surface area contributed by atoms with Crippen molar-refractivity contribution in [2.45, 2.75) is 13.3 Å². The lowest BCUT2D eigenvalue weighted by molar-refractivity contribution is -0.384. The number of nitrogens with zero attached hydrogens (tertiary/aromatic N) is 1. The Morgan fingerprint density at radius 1 is 1.27 bits per heavy atom. The molecule has 114 valence electrons. The second-order valence-electron chi connectivity index (χ2n) is 4.79. The highest BCUT2D eigenvalue weighted by Gasteiger charge is 2.14. The smallest absolute Gasteiger partial charge is 0.273 e. The fraction of sp³-hybridized carbons (Fsp3) is 0.188. The maximum Gasteiger partial charge on any atom is 0.273 e. The number of hydrogen-bond donors (Lipinski definition) is 1. The lowest BCUT2D eigenvalue weighted by atomic mass is 10.1. The average molecular weight is 300 g/mol. The summed E-state index contributed by atoms with van der Waals surface area (Å²) in [5.74, 6) is 0.0498. The predicted molar refractivity (Wildman–Crippen MR) is 83.2 cm³/mol. The number of amides is 1. The van der Waals surface area contributed by atoms with Crippen LogP contribution in [0.1, 0.15) is 11.1 Å². The third kappa shape index (κ3) is 3.60. The highest BCUT2D eigenvalue weighted by Crippen LogP contribution is 2.29. The number of ether oxygens (including phenoxy) is 1. The molecular weight excluding hydrogens is 284 g/mol. The van der Waals surface area contributed by atoms with Crippen LogP contribution in [0.25, 0.3) is 0 Å². The lowest BCUT2D eigenvalue weighted by Crippen LogP contribution is -2.15. The fourth-order valence-corrected chi connectivity index (χ4v) is 2.07. The first-order valence-electron chi connectivity index (χ1n) is 6.68. The molecule has 2 aromatic carbocycles. The van der Waals surface area contributed by atoms with Crippen molar-refractivity contribution in [3.63, 3.8) is 0 Å². The van der Waals surface area contributed by atoms with Gasteiger partial charge in [-0.1, -0.05) is 24.3 Å². The summed E-state index contributed by atoms with van der Waals surface area (Å²) >= 11 is 0. The summed E-state index contributed by atoms with van der Waals surface area (Å²) in [7, 11) is 1.40. The summed E-state index contributed by atoms with van der Waals surface area (Å²) in [6, 6.07) is 11.7. The average Bonchev–Trinajstić information content (AvgIpc) is 2.49. The van der Waals surface area contributed by atoms with Crippen molar-refractivity contribution < 1.29 is 14.5 Å². The van der Waals surface area contributed by atoms with Crippen LogP contribution >= 0.6 is 0 Å². The first-order valence-corrected chi connectivity index (χ1v) is 6.68. The minimum Gasteiger partial charge on any atom is -0.494 e. The number of rotatable bonds is 5. The number of anilines is 1. The van der Waals surface area contributed by atoms with Crippen molar-refractivity contribution in [3.05, 3.63) is 63.7 Å². The molecule has 0 saturated carbocycles. The highest BCUT2D eigenvalue weighted by atomic mass is 16.6. The van der Waals surface area contributed by atoms with Gasteiger partial charge in [0.15, 0.2) is 0 Å². The molecule has 0 aliphatic carbocycles. The van der Waals surface area contributed by atoms with Gasteiger partial charge in [-0.05, 0) is 24.1 Å². The summed E-state index contributed by atoms with van der Waals surface area (Å²) in [5, 5.41) is 13.5. The molecule has 6 heteroatoms. The van der Waals surface area contributed by atoms with E-state index in [0.29, 0.717) is 5.69 Å². The highest BCUT2D eigenvalue weighted by molar-refractivity contribution is 5.94. The normalized spacial score (nSPS) is 10.1. The number of carbonyl (C=O) groups excluding carboxylic acids is 1. The van der Waals surface area contributed by atoms with Gasteiger partial charge < -0.3 is 10.1 Å². The molecule has 22 heavy (non-hydrogen) atoms. The molecule has 0 radical (unpaired) electrons. The maximum absolute atomic E-state index is 12.1. The third-order valence-electron chi connectivity index (χ3n) is 3.28. The summed E-state index contributed by atoms with van der Waals surface area (Å²) in [5.41, 5.74) is 2.29. The summed E-state index contributed by atoms with van der Waals surface area (Å²) in [4.78, 5) is 22.4. The molecule has 0 heterocycles. The molecule has 0 aliphatic rings. The van der Waals surface area contributed by atoms with E-state index in [4.69, 9.17) is 4.74 Å². The van der Waals surface area contributed by atoms with Gasteiger partial charge in [0.05, 0.1) is 30.2 Å². The Bertz CT molecular complexity index is 713. The number of aryl methyl sites for hydroxylation is 1. The van der Waals surface area contributed by atoms with E-state index >= 15 is 0 Å². The molecule has 1 N–H and O–H groups in total. The molecule has 0 fully saturated rings. The number of nitro groups is 1. The first kappa shape index (κ1) is 15.5. The summed E-state index contributed by atoms with van der Waals surface area (Å²) in [6.45, 7) is 1.94. The zero-order valence-corrected chi connectivity index (χ0v) is 12.3. The summed E-state index contributed by atoms with van der Waals surface area (Å²) in [6.07, 6.45) is 0.229. The van der Waals surface area contributed by atoms with Gasteiger partial charge in [0.1, 0.15) is 5.75 Å². The second-order valence-corrected chi connectivity index (χ2v) is 4.79. The van der Waals surface area contributed by atoms with Crippen molar-refractivity contribution in [2.75, 3.05) is 12.4 Å². The Morgan fingerprint density at radius 3 is 2.64 bits per heavy atom. The van der Waals surface area contributed by atoms with E-state index < -0.39 is 4.92 Å². The SMILES string of the molecule is COc1cc([N+](=O)[O-])ccc1NC(=O)Cc1ccccc1C. The molecule has 6 nitrogen and oxygen atoms in total. The molecule has 1 amide bonds. The van der Waals surface area contributed by atoms with Crippen molar-refractivity contribution in [3.8, 4) is 5.75 Å². The molecule has 0 saturated heterocycles. The van der Waals surface area contributed by atoms with Crippen LogP contribution in [0, 0.1) is 17.0 Å². The predicted octanol–water partition coefficient (Wildman–Crippen LogP) is 3.09. The topological polar surface area (TPSA) is 81.5 Å². The van der Waals surface area contributed by atoms with E-state index in [1.54, 1.807) is 0 Å². The Morgan fingerprint density at radius 2 is 2.00 bits per heavy atom. The van der Waals surface area contributed by atoms with Crippen LogP contribution in [0.15, 0.2) is 42.5 Å². The second kappa shape index (κ2) is 6.71. The summed E-state index contributed by atoms with van der Waals surface area (Å²) < 4.78 is 5.09. The van der Waals surface area contributed by atoms with Crippen molar-refractivity contribution in [1.82, 2.24) is 0 Å². The Labute approximate surface area is 127 Å². The molecule has 0 bridgehead atoms. The number of nitrogens with one attached hydrogen (secondary N) is 1. The molecule has 0 atom stereocenters. The first-order chi connectivity index (χ1) is 10.5. The minimum atomic E-state index is -0.512. The number of hydrogen-bond acceptors (Lipinski definition) is 4. The standard InChI is InChI=1S/C16H16N2O4/c1-11-5-3-4-6-12(11)9-16(19)17-14-8-7-13(18(20)21)10-15(14)22-2/h3-8,10H,9H2,1-2H3,(H,17,19). The lowest BCUT2D eigenvalue weighted by Gasteiger charge is -2.10. The van der Waals surface area contributed by atoms with Gasteiger partial charge in [-0.3, -0.25) is 14.9 Å². The fourth-order valence-electron chi connectivity index (χ4n) is 2.07. The van der Waals surface area contributed by atoms with Crippen LogP contribution in [0.2, 0.25) is 0 Å². The van der Waals surface area contributed by atoms with Crippen molar-refractivity contribution >= 4 is 17.3 Å². The molecule has 2 rings (SSSR count). The van der Waals surface area contributed by atoms with E-state index in [1.165, 1.54) is 25.3 Å². The quantitative estimate of drug-likeness (QED) is 0.679. The number of methoxy groups -OCH3 is 1. The number of benzene rings is 2. The van der Waals surface area contributed by atoms with E-state index in [9.17, 15) is 14.9 Å². The Balaban J connectivity index is 2.15. The third-order valence-corrected chi connectivity index (χ3v) is 3.28. The van der Waals surface area contributed by atoms with Crippen molar-refractivity contribution in [1.29, 1.82) is 0 Å². The van der Waals surface area contributed by atoms with Crippen LogP contribution in [-0.4, -0.2) is 17.9 Å². The van der Waals surface area contributed by atoms with Crippen LogP contribution in [-0.2, 0) is 11.2 Å². The molecule has 2 aromatic rings. The number of carbonyl (C=O) groups is 1. The van der Waals surface area contributed by atoms with Gasteiger partial charge in [-0.2, -0.15) is 0 Å². The molecule has 0 aliphatic heterocycles. The van der Waals surface area contributed by atoms with Crippen LogP contribution in [0.5, 0.6) is 5.75 Å². The van der Waals surface area contributed by atoms with E-state index in [0.717, 1.165) is 11.1 Å². The zero-order chi connectivity index (χ0) is 16.1. The largest absolute Gasteiger partial charge is 0.494 e. The number of nitro benzene ring substituents is 1. The van der Waals surface area contributed by atoms with E-state index in [1.807, 2.05) is 31.2 Å². The van der Waals surface area contributed by atoms with Gasteiger partial charge in [0.2, 0.25) is 5.91 Å². The zero-order valence-electron chi connectivity index (χ0n) is 12.3. The van der Waals surface area contributed by atoms with E-state index in [-0.39, 0.29) is 23.8 Å². The van der Waals surface area contributed by atoms with Crippen molar-refractivity contribution in [2.24, 2.45) is 0 Å². The Kier molecular flexibility index (Phi) is 4.73. The molecule has 0 spiro atoms. The molecule has 0 unspecified atom stereocenters. The Hall–Kier alpha value is -2.89. The van der Waals surface area contributed by atoms with Gasteiger partial charge in [0, 0.05) is 6.07 Å². The van der Waals surface area contributed by atoms with Gasteiger partial charge in [0.25, 0.3) is 5.69 Å². The van der Waals surface area contributed by atoms with Crippen LogP contribution in [0.3, 0.4) is 0 Å². The monoisotopic (exact) mass is 300 g/mol. The maximum atomic E-state index is 12.1. The minimum absolute atomic E-state index is 0.0891. The molecular formula is C16H16N2O4. The van der Waals surface area contributed by atoms with Gasteiger partial charge >= 0.3 is 0 Å². The van der Waals surface area contributed by atoms with Gasteiger partial charge in [-0.25, -0.2) is 0 Å². The van der Waals surface area contributed by atoms with E-state index in [2.05, 4.69) is 5.32 Å². The van der Waals surface area contributed by atoms with Crippen LogP contribution < -0.4 is 10.1 Å². The number of non-ortho nitro benzene ring substituents is 1. The van der Waals surface area contributed by atoms with Gasteiger partial charge in [-0.15, -0.1) is 0 Å². The molecule has 0 aromatic heterocycles.